The first-order valence-corrected chi connectivity index (χ1v) is 7.58. The molecule has 0 aliphatic rings. The number of carbonyl (C=O) groups excluding carboxylic acids is 2. The van der Waals surface area contributed by atoms with E-state index in [2.05, 4.69) is 0 Å². The van der Waals surface area contributed by atoms with Crippen molar-refractivity contribution >= 4 is 18.0 Å². The monoisotopic (exact) mass is 319 g/mol. The maximum Gasteiger partial charge on any atom is 0.337 e. The molecular formula is C18H25NO4. The van der Waals surface area contributed by atoms with Gasteiger partial charge in [0.05, 0.1) is 19.8 Å². The average Bonchev–Trinajstić information content (AvgIpc) is 2.51. The number of amides is 1. The quantitative estimate of drug-likeness (QED) is 0.597. The van der Waals surface area contributed by atoms with Gasteiger partial charge in [-0.2, -0.15) is 0 Å². The van der Waals surface area contributed by atoms with Gasteiger partial charge in [0, 0.05) is 23.7 Å². The third-order valence-electron chi connectivity index (χ3n) is 3.42. The number of rotatable bonds is 6. The fourth-order valence-corrected chi connectivity index (χ4v) is 2.46. The second-order valence-corrected chi connectivity index (χ2v) is 5.71. The summed E-state index contributed by atoms with van der Waals surface area (Å²) in [4.78, 5) is 25.8. The van der Waals surface area contributed by atoms with Crippen LogP contribution in [0.25, 0.3) is 6.08 Å². The summed E-state index contributed by atoms with van der Waals surface area (Å²) in [5.74, 6) is 0.0717. The van der Waals surface area contributed by atoms with E-state index < -0.39 is 5.97 Å². The van der Waals surface area contributed by atoms with Crippen LogP contribution in [0.3, 0.4) is 0 Å². The normalized spacial score (nSPS) is 11.1. The predicted molar refractivity (Wildman–Crippen MR) is 90.5 cm³/mol. The number of methoxy groups -OCH3 is 2. The Kier molecular flexibility index (Phi) is 6.82. The maximum absolute atomic E-state index is 12.4. The van der Waals surface area contributed by atoms with Crippen LogP contribution in [0.2, 0.25) is 0 Å². The number of ether oxygens (including phenoxy) is 2. The first-order chi connectivity index (χ1) is 10.8. The van der Waals surface area contributed by atoms with Crippen molar-refractivity contribution in [1.82, 2.24) is 4.90 Å². The predicted octanol–water partition coefficient (Wildman–Crippen LogP) is 3.14. The zero-order chi connectivity index (χ0) is 17.6. The second-order valence-electron chi connectivity index (χ2n) is 5.71. The minimum atomic E-state index is -0.431. The Balaban J connectivity index is 3.10. The van der Waals surface area contributed by atoms with Gasteiger partial charge in [-0.3, -0.25) is 4.79 Å². The van der Waals surface area contributed by atoms with Crippen molar-refractivity contribution in [1.29, 1.82) is 0 Å². The molecule has 0 aromatic heterocycles. The summed E-state index contributed by atoms with van der Waals surface area (Å²) in [5.41, 5.74) is 1.06. The van der Waals surface area contributed by atoms with Crippen LogP contribution in [-0.4, -0.2) is 43.1 Å². The zero-order valence-corrected chi connectivity index (χ0v) is 14.6. The molecule has 126 valence electrons. The van der Waals surface area contributed by atoms with Crippen LogP contribution >= 0.6 is 0 Å². The minimum absolute atomic E-state index is 0.0828. The van der Waals surface area contributed by atoms with E-state index in [4.69, 9.17) is 9.47 Å². The van der Waals surface area contributed by atoms with Crippen molar-refractivity contribution in [2.45, 2.75) is 39.8 Å². The van der Waals surface area contributed by atoms with Gasteiger partial charge in [0.2, 0.25) is 5.91 Å². The Bertz CT molecular complexity index is 583. The molecule has 1 amide bonds. The molecule has 5 nitrogen and oxygen atoms in total. The molecule has 0 aliphatic heterocycles. The molecule has 0 bridgehead atoms. The van der Waals surface area contributed by atoms with Gasteiger partial charge in [0.1, 0.15) is 5.75 Å². The highest BCUT2D eigenvalue weighted by molar-refractivity contribution is 5.94. The number of carbonyl (C=O) groups is 2. The largest absolute Gasteiger partial charge is 0.496 e. The summed E-state index contributed by atoms with van der Waals surface area (Å²) in [6.45, 7) is 7.91. The molecular weight excluding hydrogens is 294 g/mol. The average molecular weight is 319 g/mol. The molecule has 1 aromatic rings. The molecule has 0 saturated heterocycles. The number of benzene rings is 1. The molecule has 5 heteroatoms. The molecule has 0 radical (unpaired) electrons. The highest BCUT2D eigenvalue weighted by Crippen LogP contribution is 2.22. The van der Waals surface area contributed by atoms with Crippen LogP contribution in [-0.2, 0) is 9.53 Å². The Morgan fingerprint density at radius 1 is 1.09 bits per heavy atom. The molecule has 0 fully saturated rings. The smallest absolute Gasteiger partial charge is 0.337 e. The molecule has 1 rings (SSSR count). The molecule has 0 atom stereocenters. The first-order valence-electron chi connectivity index (χ1n) is 7.58. The van der Waals surface area contributed by atoms with Gasteiger partial charge in [-0.1, -0.05) is 0 Å². The highest BCUT2D eigenvalue weighted by Gasteiger charge is 2.17. The molecule has 0 unspecified atom stereocenters. The van der Waals surface area contributed by atoms with E-state index >= 15 is 0 Å². The van der Waals surface area contributed by atoms with Gasteiger partial charge in [-0.25, -0.2) is 4.79 Å². The maximum atomic E-state index is 12.4. The van der Waals surface area contributed by atoms with Crippen LogP contribution < -0.4 is 4.74 Å². The van der Waals surface area contributed by atoms with E-state index in [1.807, 2.05) is 27.7 Å². The molecule has 23 heavy (non-hydrogen) atoms. The van der Waals surface area contributed by atoms with Crippen LogP contribution in [0.5, 0.6) is 5.75 Å². The molecule has 0 aliphatic carbocycles. The van der Waals surface area contributed by atoms with Crippen LogP contribution in [0.1, 0.15) is 43.6 Å². The van der Waals surface area contributed by atoms with E-state index in [1.165, 1.54) is 13.2 Å². The summed E-state index contributed by atoms with van der Waals surface area (Å²) in [6.07, 6.45) is 3.16. The van der Waals surface area contributed by atoms with Crippen molar-refractivity contribution in [3.8, 4) is 5.75 Å². The summed E-state index contributed by atoms with van der Waals surface area (Å²) in [5, 5.41) is 0. The van der Waals surface area contributed by atoms with E-state index in [9.17, 15) is 9.59 Å². The van der Waals surface area contributed by atoms with Crippen molar-refractivity contribution in [2.24, 2.45) is 0 Å². The van der Waals surface area contributed by atoms with Gasteiger partial charge in [0.25, 0.3) is 0 Å². The summed E-state index contributed by atoms with van der Waals surface area (Å²) >= 11 is 0. The lowest BCUT2D eigenvalue weighted by Gasteiger charge is -2.29. The van der Waals surface area contributed by atoms with Gasteiger partial charge in [-0.05, 0) is 52.0 Å². The van der Waals surface area contributed by atoms with E-state index in [1.54, 1.807) is 36.3 Å². The van der Waals surface area contributed by atoms with Crippen molar-refractivity contribution in [3.05, 3.63) is 35.4 Å². The molecule has 0 spiro atoms. The summed E-state index contributed by atoms with van der Waals surface area (Å²) < 4.78 is 9.99. The SMILES string of the molecule is COC(=O)c1ccc(OC)c(C=CC(=O)N(C(C)C)C(C)C)c1. The third kappa shape index (κ3) is 4.84. The molecule has 1 aromatic carbocycles. The summed E-state index contributed by atoms with van der Waals surface area (Å²) in [6, 6.07) is 5.16. The third-order valence-corrected chi connectivity index (χ3v) is 3.42. The number of esters is 1. The zero-order valence-electron chi connectivity index (χ0n) is 14.6. The van der Waals surface area contributed by atoms with Crippen LogP contribution in [0.4, 0.5) is 0 Å². The van der Waals surface area contributed by atoms with Gasteiger partial charge in [-0.15, -0.1) is 0 Å². The Labute approximate surface area is 137 Å². The van der Waals surface area contributed by atoms with Gasteiger partial charge in [0.15, 0.2) is 0 Å². The van der Waals surface area contributed by atoms with Crippen molar-refractivity contribution in [3.63, 3.8) is 0 Å². The van der Waals surface area contributed by atoms with E-state index in [0.717, 1.165) is 0 Å². The van der Waals surface area contributed by atoms with E-state index in [0.29, 0.717) is 16.9 Å². The van der Waals surface area contributed by atoms with E-state index in [-0.39, 0.29) is 18.0 Å². The first kappa shape index (κ1) is 18.7. The standard InChI is InChI=1S/C18H25NO4/c1-12(2)19(13(3)4)17(20)10-8-14-11-15(18(21)23-6)7-9-16(14)22-5/h7-13H,1-6H3. The lowest BCUT2D eigenvalue weighted by molar-refractivity contribution is -0.129. The van der Waals surface area contributed by atoms with Crippen LogP contribution in [0, 0.1) is 0 Å². The number of hydrogen-bond donors (Lipinski definition) is 0. The fraction of sp³-hybridized carbons (Fsp3) is 0.444. The van der Waals surface area contributed by atoms with Crippen LogP contribution in [0.15, 0.2) is 24.3 Å². The molecule has 0 N–H and O–H groups in total. The molecule has 0 heterocycles. The minimum Gasteiger partial charge on any atom is -0.496 e. The number of nitrogens with zero attached hydrogens (tertiary/aromatic N) is 1. The topological polar surface area (TPSA) is 55.8 Å². The fourth-order valence-electron chi connectivity index (χ4n) is 2.46. The Morgan fingerprint density at radius 3 is 2.17 bits per heavy atom. The van der Waals surface area contributed by atoms with Crippen molar-refractivity contribution < 1.29 is 19.1 Å². The molecule has 0 saturated carbocycles. The lowest BCUT2D eigenvalue weighted by atomic mass is 10.1. The van der Waals surface area contributed by atoms with Gasteiger partial charge < -0.3 is 14.4 Å². The summed E-state index contributed by atoms with van der Waals surface area (Å²) in [7, 11) is 2.87. The van der Waals surface area contributed by atoms with Crippen molar-refractivity contribution in [2.75, 3.05) is 14.2 Å². The highest BCUT2D eigenvalue weighted by atomic mass is 16.5. The Hall–Kier alpha value is -2.30. The lowest BCUT2D eigenvalue weighted by Crippen LogP contribution is -2.41. The second kappa shape index (κ2) is 8.36. The Morgan fingerprint density at radius 2 is 1.70 bits per heavy atom. The van der Waals surface area contributed by atoms with Gasteiger partial charge >= 0.3 is 5.97 Å². The number of hydrogen-bond acceptors (Lipinski definition) is 4.